The molecule has 1 aromatic rings. The van der Waals surface area contributed by atoms with E-state index >= 15 is 0 Å². The van der Waals surface area contributed by atoms with Crippen molar-refractivity contribution in [2.75, 3.05) is 6.54 Å². The van der Waals surface area contributed by atoms with Gasteiger partial charge in [0, 0.05) is 24.9 Å². The van der Waals surface area contributed by atoms with E-state index in [1.807, 2.05) is 18.2 Å². The molecule has 5 nitrogen and oxygen atoms in total. The Morgan fingerprint density at radius 1 is 1.54 bits per heavy atom. The first kappa shape index (κ1) is 9.47. The topological polar surface area (TPSA) is 74.2 Å². The number of rotatable bonds is 3. The lowest BCUT2D eigenvalue weighted by Gasteiger charge is -2.02. The molecule has 0 aliphatic carbocycles. The van der Waals surface area contributed by atoms with Gasteiger partial charge in [-0.15, -0.1) is 0 Å². The fourth-order valence-electron chi connectivity index (χ4n) is 0.890. The summed E-state index contributed by atoms with van der Waals surface area (Å²) < 4.78 is 0. The largest absolute Gasteiger partial charge is 0.338 e. The second kappa shape index (κ2) is 5.10. The first-order chi connectivity index (χ1) is 6.33. The Kier molecular flexibility index (Phi) is 3.72. The number of hydrogen-bond acceptors (Lipinski definition) is 3. The number of nitrogens with one attached hydrogen (secondary N) is 2. The van der Waals surface area contributed by atoms with Gasteiger partial charge >= 0.3 is 6.03 Å². The summed E-state index contributed by atoms with van der Waals surface area (Å²) >= 11 is 0. The summed E-state index contributed by atoms with van der Waals surface area (Å²) in [7, 11) is 0. The van der Waals surface area contributed by atoms with E-state index in [0.717, 1.165) is 5.69 Å². The SMILES string of the molecule is O=C(NO)NCCc1ccccn1. The van der Waals surface area contributed by atoms with Gasteiger partial charge in [-0.1, -0.05) is 6.07 Å². The monoisotopic (exact) mass is 181 g/mol. The fourth-order valence-corrected chi connectivity index (χ4v) is 0.890. The first-order valence-corrected chi connectivity index (χ1v) is 3.91. The van der Waals surface area contributed by atoms with Crippen LogP contribution in [0.3, 0.4) is 0 Å². The second-order valence-electron chi connectivity index (χ2n) is 2.44. The minimum Gasteiger partial charge on any atom is -0.336 e. The number of carbonyl (C=O) groups excluding carboxylic acids is 1. The van der Waals surface area contributed by atoms with Crippen molar-refractivity contribution in [3.8, 4) is 0 Å². The molecule has 1 aromatic heterocycles. The number of pyridine rings is 1. The number of hydroxylamine groups is 1. The Bertz CT molecular complexity index is 263. The molecule has 0 spiro atoms. The highest BCUT2D eigenvalue weighted by Crippen LogP contribution is 1.92. The molecule has 1 heterocycles. The molecule has 0 aliphatic rings. The Labute approximate surface area is 75.8 Å². The summed E-state index contributed by atoms with van der Waals surface area (Å²) in [6.45, 7) is 0.448. The van der Waals surface area contributed by atoms with Gasteiger partial charge in [0.05, 0.1) is 0 Å². The highest BCUT2D eigenvalue weighted by atomic mass is 16.5. The molecule has 0 saturated carbocycles. The predicted octanol–water partition coefficient (Wildman–Crippen LogP) is 0.312. The number of urea groups is 1. The Morgan fingerprint density at radius 2 is 2.38 bits per heavy atom. The van der Waals surface area contributed by atoms with Crippen molar-refractivity contribution in [3.05, 3.63) is 30.1 Å². The van der Waals surface area contributed by atoms with E-state index in [0.29, 0.717) is 13.0 Å². The van der Waals surface area contributed by atoms with Crippen molar-refractivity contribution in [2.24, 2.45) is 0 Å². The molecule has 0 fully saturated rings. The van der Waals surface area contributed by atoms with Crippen LogP contribution in [0.2, 0.25) is 0 Å². The van der Waals surface area contributed by atoms with Gasteiger partial charge in [-0.3, -0.25) is 10.2 Å². The zero-order valence-corrected chi connectivity index (χ0v) is 7.03. The molecule has 0 atom stereocenters. The van der Waals surface area contributed by atoms with E-state index in [-0.39, 0.29) is 0 Å². The average molecular weight is 181 g/mol. The quantitative estimate of drug-likeness (QED) is 0.464. The lowest BCUT2D eigenvalue weighted by molar-refractivity contribution is 0.162. The lowest BCUT2D eigenvalue weighted by atomic mass is 10.3. The smallest absolute Gasteiger partial charge is 0.336 e. The summed E-state index contributed by atoms with van der Waals surface area (Å²) in [5, 5.41) is 10.6. The van der Waals surface area contributed by atoms with Crippen molar-refractivity contribution in [3.63, 3.8) is 0 Å². The van der Waals surface area contributed by atoms with Crippen LogP contribution in [0.4, 0.5) is 4.79 Å². The van der Waals surface area contributed by atoms with Gasteiger partial charge in [-0.05, 0) is 12.1 Å². The van der Waals surface area contributed by atoms with Crippen LogP contribution in [0.1, 0.15) is 5.69 Å². The summed E-state index contributed by atoms with van der Waals surface area (Å²) in [6.07, 6.45) is 2.34. The Morgan fingerprint density at radius 3 is 3.00 bits per heavy atom. The number of nitrogens with zero attached hydrogens (tertiary/aromatic N) is 1. The van der Waals surface area contributed by atoms with Crippen LogP contribution in [0.25, 0.3) is 0 Å². The highest BCUT2D eigenvalue weighted by Gasteiger charge is 1.96. The van der Waals surface area contributed by atoms with E-state index in [9.17, 15) is 4.79 Å². The zero-order chi connectivity index (χ0) is 9.52. The van der Waals surface area contributed by atoms with E-state index in [1.54, 1.807) is 6.20 Å². The van der Waals surface area contributed by atoms with Gasteiger partial charge in [0.2, 0.25) is 0 Å². The molecule has 70 valence electrons. The van der Waals surface area contributed by atoms with Crippen LogP contribution in [0.15, 0.2) is 24.4 Å². The number of amides is 2. The molecule has 0 saturated heterocycles. The Hall–Kier alpha value is -1.62. The number of aromatic nitrogens is 1. The van der Waals surface area contributed by atoms with Crippen molar-refractivity contribution >= 4 is 6.03 Å². The predicted molar refractivity (Wildman–Crippen MR) is 46.3 cm³/mol. The molecule has 0 aromatic carbocycles. The van der Waals surface area contributed by atoms with Gasteiger partial charge < -0.3 is 5.32 Å². The van der Waals surface area contributed by atoms with Crippen molar-refractivity contribution < 1.29 is 10.0 Å². The van der Waals surface area contributed by atoms with Crippen molar-refractivity contribution in [1.29, 1.82) is 0 Å². The molecule has 3 N–H and O–H groups in total. The van der Waals surface area contributed by atoms with Crippen LogP contribution < -0.4 is 10.8 Å². The summed E-state index contributed by atoms with van der Waals surface area (Å²) in [6, 6.07) is 4.99. The van der Waals surface area contributed by atoms with Crippen LogP contribution in [-0.4, -0.2) is 22.8 Å². The summed E-state index contributed by atoms with van der Waals surface area (Å²) in [4.78, 5) is 14.6. The molecule has 1 rings (SSSR count). The van der Waals surface area contributed by atoms with E-state index in [1.165, 1.54) is 5.48 Å². The third kappa shape index (κ3) is 3.53. The second-order valence-corrected chi connectivity index (χ2v) is 2.44. The molecular formula is C8H11N3O2. The standard InChI is InChI=1S/C8H11N3O2/c12-8(11-13)10-6-4-7-3-1-2-5-9-7/h1-3,5,13H,4,6H2,(H2,10,11,12). The molecule has 0 bridgehead atoms. The minimum absolute atomic E-state index is 0.448. The zero-order valence-electron chi connectivity index (χ0n) is 7.03. The van der Waals surface area contributed by atoms with Gasteiger partial charge in [0.15, 0.2) is 0 Å². The summed E-state index contributed by atoms with van der Waals surface area (Å²) in [5.74, 6) is 0. The van der Waals surface area contributed by atoms with Crippen LogP contribution in [0.5, 0.6) is 0 Å². The molecule has 13 heavy (non-hydrogen) atoms. The van der Waals surface area contributed by atoms with Gasteiger partial charge in [-0.25, -0.2) is 10.3 Å². The number of carbonyl (C=O) groups is 1. The number of hydrogen-bond donors (Lipinski definition) is 3. The minimum atomic E-state index is -0.601. The molecule has 0 unspecified atom stereocenters. The van der Waals surface area contributed by atoms with Gasteiger partial charge in [0.1, 0.15) is 0 Å². The van der Waals surface area contributed by atoms with Crippen LogP contribution >= 0.6 is 0 Å². The van der Waals surface area contributed by atoms with Gasteiger partial charge in [-0.2, -0.15) is 0 Å². The Balaban J connectivity index is 2.24. The van der Waals surface area contributed by atoms with Gasteiger partial charge in [0.25, 0.3) is 0 Å². The summed E-state index contributed by atoms with van der Waals surface area (Å²) in [5.41, 5.74) is 2.38. The molecular weight excluding hydrogens is 170 g/mol. The molecule has 5 heteroatoms. The normalized spacial score (nSPS) is 9.31. The van der Waals surface area contributed by atoms with Crippen molar-refractivity contribution in [1.82, 2.24) is 15.8 Å². The maximum absolute atomic E-state index is 10.5. The third-order valence-electron chi connectivity index (χ3n) is 1.49. The van der Waals surface area contributed by atoms with Crippen LogP contribution in [-0.2, 0) is 6.42 Å². The van der Waals surface area contributed by atoms with E-state index in [4.69, 9.17) is 5.21 Å². The van der Waals surface area contributed by atoms with Crippen LogP contribution in [0, 0.1) is 0 Å². The fraction of sp³-hybridized carbons (Fsp3) is 0.250. The molecule has 0 radical (unpaired) electrons. The average Bonchev–Trinajstić information content (AvgIpc) is 2.19. The van der Waals surface area contributed by atoms with E-state index < -0.39 is 6.03 Å². The lowest BCUT2D eigenvalue weighted by Crippen LogP contribution is -2.34. The maximum atomic E-state index is 10.5. The molecule has 0 aliphatic heterocycles. The maximum Gasteiger partial charge on any atom is 0.338 e. The highest BCUT2D eigenvalue weighted by molar-refractivity contribution is 5.72. The molecule has 2 amide bonds. The first-order valence-electron chi connectivity index (χ1n) is 3.91. The van der Waals surface area contributed by atoms with E-state index in [2.05, 4.69) is 10.3 Å². The van der Waals surface area contributed by atoms with Crippen molar-refractivity contribution in [2.45, 2.75) is 6.42 Å². The third-order valence-corrected chi connectivity index (χ3v) is 1.49.